The fourth-order valence-corrected chi connectivity index (χ4v) is 2.05. The second-order valence-corrected chi connectivity index (χ2v) is 4.26. The summed E-state index contributed by atoms with van der Waals surface area (Å²) in [4.78, 5) is 23.1. The van der Waals surface area contributed by atoms with Crippen LogP contribution in [0.25, 0.3) is 0 Å². The average Bonchev–Trinajstić information content (AvgIpc) is 2.57. The number of hydrogen-bond acceptors (Lipinski definition) is 7. The van der Waals surface area contributed by atoms with Gasteiger partial charge in [0.1, 0.15) is 17.6 Å². The van der Waals surface area contributed by atoms with Crippen LogP contribution >= 0.6 is 0 Å². The van der Waals surface area contributed by atoms with Gasteiger partial charge < -0.3 is 18.9 Å². The Hall–Kier alpha value is -2.97. The molecule has 0 amide bonds. The van der Waals surface area contributed by atoms with Crippen LogP contribution in [0.5, 0.6) is 0 Å². The summed E-state index contributed by atoms with van der Waals surface area (Å²) in [7, 11) is 4.19. The van der Waals surface area contributed by atoms with Crippen LogP contribution in [0, 0.1) is 17.2 Å². The van der Waals surface area contributed by atoms with E-state index in [4.69, 9.17) is 24.2 Å². The molecule has 122 valence electrons. The van der Waals surface area contributed by atoms with E-state index in [1.54, 1.807) is 18.9 Å². The maximum Gasteiger partial charge on any atom is 0.348 e. The van der Waals surface area contributed by atoms with Crippen molar-refractivity contribution in [2.24, 2.45) is 5.92 Å². The molecule has 7 nitrogen and oxygen atoms in total. The van der Waals surface area contributed by atoms with E-state index in [-0.39, 0.29) is 29.3 Å². The van der Waals surface area contributed by atoms with Crippen LogP contribution in [-0.4, -0.2) is 39.8 Å². The van der Waals surface area contributed by atoms with E-state index < -0.39 is 11.9 Å². The molecule has 0 saturated heterocycles. The van der Waals surface area contributed by atoms with Gasteiger partial charge in [-0.05, 0) is 19.1 Å². The molecule has 0 N–H and O–H groups in total. The van der Waals surface area contributed by atoms with Gasteiger partial charge in [-0.25, -0.2) is 9.59 Å². The topological polar surface area (TPSA) is 94.9 Å². The van der Waals surface area contributed by atoms with Gasteiger partial charge in [0.2, 0.25) is 5.76 Å². The molecule has 0 fully saturated rings. The summed E-state index contributed by atoms with van der Waals surface area (Å²) in [5.74, 6) is 0.920. The van der Waals surface area contributed by atoms with Crippen LogP contribution in [-0.2, 0) is 28.5 Å². The molecule has 0 aromatic rings. The highest BCUT2D eigenvalue weighted by Crippen LogP contribution is 2.34. The van der Waals surface area contributed by atoms with Gasteiger partial charge in [-0.2, -0.15) is 5.26 Å². The molecule has 0 bridgehead atoms. The first kappa shape index (κ1) is 18.1. The number of hydrogen-bond donors (Lipinski definition) is 0. The van der Waals surface area contributed by atoms with Crippen molar-refractivity contribution < 1.29 is 28.5 Å². The van der Waals surface area contributed by atoms with E-state index in [0.29, 0.717) is 5.76 Å². The highest BCUT2D eigenvalue weighted by Gasteiger charge is 2.31. The molecular formula is C16H17NO6. The first-order valence-corrected chi connectivity index (χ1v) is 6.70. The van der Waals surface area contributed by atoms with Crippen molar-refractivity contribution in [2.75, 3.05) is 27.9 Å². The third-order valence-corrected chi connectivity index (χ3v) is 3.04. The smallest absolute Gasteiger partial charge is 0.348 e. The van der Waals surface area contributed by atoms with Crippen LogP contribution < -0.4 is 0 Å². The Balaban J connectivity index is 3.40. The third-order valence-electron chi connectivity index (χ3n) is 3.04. The molecule has 1 rings (SSSR count). The maximum absolute atomic E-state index is 11.7. The quantitative estimate of drug-likeness (QED) is 0.316. The van der Waals surface area contributed by atoms with Crippen molar-refractivity contribution in [1.82, 2.24) is 0 Å². The fourth-order valence-electron chi connectivity index (χ4n) is 2.05. The highest BCUT2D eigenvalue weighted by molar-refractivity contribution is 5.93. The lowest BCUT2D eigenvalue weighted by Gasteiger charge is -2.23. The number of carbonyl (C=O) groups is 1. The number of nitrogens with zero attached hydrogens (tertiary/aromatic N) is 1. The minimum absolute atomic E-state index is 0.0854. The molecule has 0 aliphatic heterocycles. The highest BCUT2D eigenvalue weighted by atomic mass is 16.5. The summed E-state index contributed by atoms with van der Waals surface area (Å²) in [6.45, 7) is 1.76. The van der Waals surface area contributed by atoms with Gasteiger partial charge >= 0.3 is 5.97 Å². The summed E-state index contributed by atoms with van der Waals surface area (Å²) in [6.07, 6.45) is 2.82. The molecule has 7 heteroatoms. The number of carbonyl (C=O) groups excluding carboxylic acids is 2. The third kappa shape index (κ3) is 3.82. The van der Waals surface area contributed by atoms with E-state index >= 15 is 0 Å². The molecule has 0 heterocycles. The van der Waals surface area contributed by atoms with Crippen molar-refractivity contribution >= 4 is 11.9 Å². The van der Waals surface area contributed by atoms with Gasteiger partial charge in [-0.3, -0.25) is 0 Å². The first-order valence-electron chi connectivity index (χ1n) is 6.70. The Morgan fingerprint density at radius 1 is 1.26 bits per heavy atom. The molecule has 0 aromatic carbocycles. The molecule has 0 aromatic heterocycles. The second kappa shape index (κ2) is 8.47. The van der Waals surface area contributed by atoms with Gasteiger partial charge in [0.25, 0.3) is 0 Å². The van der Waals surface area contributed by atoms with Crippen LogP contribution in [0.1, 0.15) is 6.92 Å². The van der Waals surface area contributed by atoms with Crippen molar-refractivity contribution in [2.45, 2.75) is 6.92 Å². The number of esters is 1. The molecule has 0 radical (unpaired) electrons. The zero-order valence-electron chi connectivity index (χ0n) is 13.3. The van der Waals surface area contributed by atoms with Crippen LogP contribution in [0.2, 0.25) is 0 Å². The lowest BCUT2D eigenvalue weighted by atomic mass is 9.90. The molecule has 0 saturated carbocycles. The second-order valence-electron chi connectivity index (χ2n) is 4.26. The Bertz CT molecular complexity index is 659. The van der Waals surface area contributed by atoms with Crippen LogP contribution in [0.4, 0.5) is 0 Å². The predicted molar refractivity (Wildman–Crippen MR) is 79.2 cm³/mol. The summed E-state index contributed by atoms with van der Waals surface area (Å²) < 4.78 is 20.4. The molecule has 23 heavy (non-hydrogen) atoms. The Morgan fingerprint density at radius 3 is 2.35 bits per heavy atom. The normalized spacial score (nSPS) is 17.7. The number of ether oxygens (including phenoxy) is 4. The number of methoxy groups -OCH3 is 3. The summed E-state index contributed by atoms with van der Waals surface area (Å²) in [6, 6.07) is 1.75. The maximum atomic E-state index is 11.7. The Labute approximate surface area is 134 Å². The van der Waals surface area contributed by atoms with Crippen LogP contribution in [0.3, 0.4) is 0 Å². The van der Waals surface area contributed by atoms with Crippen molar-refractivity contribution in [3.8, 4) is 6.07 Å². The van der Waals surface area contributed by atoms with Crippen molar-refractivity contribution in [1.29, 1.82) is 5.26 Å². The predicted octanol–water partition coefficient (Wildman–Crippen LogP) is 1.42. The zero-order valence-corrected chi connectivity index (χ0v) is 13.3. The standard InChI is InChI=1S/C16H17NO6/c1-5-23-16(19)11(8-17)6-10-7-13(20-2)15(22-4)14(21-3)12(10)9-18/h6-7,10H,5H2,1-4H3. The molecular weight excluding hydrogens is 302 g/mol. The summed E-state index contributed by atoms with van der Waals surface area (Å²) in [5, 5.41) is 9.11. The van der Waals surface area contributed by atoms with Gasteiger partial charge in [-0.1, -0.05) is 0 Å². The number of rotatable bonds is 6. The average molecular weight is 319 g/mol. The molecule has 1 atom stereocenters. The van der Waals surface area contributed by atoms with Crippen molar-refractivity contribution in [3.05, 3.63) is 40.6 Å². The van der Waals surface area contributed by atoms with Crippen molar-refractivity contribution in [3.63, 3.8) is 0 Å². The summed E-state index contributed by atoms with van der Waals surface area (Å²) >= 11 is 0. The summed E-state index contributed by atoms with van der Waals surface area (Å²) in [5.41, 5.74) is -0.144. The SMILES string of the molecule is CCOC(=O)C(C#N)=CC1C=C(OC)C(OC)=C(OC)C1=C=O. The van der Waals surface area contributed by atoms with Gasteiger partial charge in [0.05, 0.1) is 33.5 Å². The van der Waals surface area contributed by atoms with E-state index in [1.807, 2.05) is 0 Å². The Morgan fingerprint density at radius 2 is 1.91 bits per heavy atom. The van der Waals surface area contributed by atoms with Crippen LogP contribution in [0.15, 0.2) is 40.6 Å². The fraction of sp³-hybridized carbons (Fsp3) is 0.375. The molecule has 0 spiro atoms. The lowest BCUT2D eigenvalue weighted by Crippen LogP contribution is -2.17. The first-order chi connectivity index (χ1) is 11.1. The van der Waals surface area contributed by atoms with Gasteiger partial charge in [0, 0.05) is 5.92 Å². The molecule has 1 unspecified atom stereocenters. The minimum Gasteiger partial charge on any atom is -0.493 e. The Kier molecular flexibility index (Phi) is 6.66. The van der Waals surface area contributed by atoms with E-state index in [9.17, 15) is 9.59 Å². The lowest BCUT2D eigenvalue weighted by molar-refractivity contribution is -0.138. The number of nitriles is 1. The van der Waals surface area contributed by atoms with E-state index in [2.05, 4.69) is 0 Å². The molecule has 1 aliphatic rings. The largest absolute Gasteiger partial charge is 0.493 e. The van der Waals surface area contributed by atoms with Gasteiger partial charge in [0.15, 0.2) is 11.5 Å². The minimum atomic E-state index is -0.770. The van der Waals surface area contributed by atoms with E-state index in [1.165, 1.54) is 33.5 Å². The number of allylic oxidation sites excluding steroid dienone is 3. The monoisotopic (exact) mass is 319 g/mol. The molecule has 1 aliphatic carbocycles. The zero-order chi connectivity index (χ0) is 17.4. The van der Waals surface area contributed by atoms with E-state index in [0.717, 1.165) is 0 Å². The van der Waals surface area contributed by atoms with Gasteiger partial charge in [-0.15, -0.1) is 0 Å².